The summed E-state index contributed by atoms with van der Waals surface area (Å²) in [6, 6.07) is 15.2. The minimum absolute atomic E-state index is 0.00421. The zero-order chi connectivity index (χ0) is 20.2. The number of ether oxygens (including phenoxy) is 1. The fourth-order valence-corrected chi connectivity index (χ4v) is 4.03. The Hall–Kier alpha value is -3.02. The van der Waals surface area contributed by atoms with Gasteiger partial charge in [-0.1, -0.05) is 6.07 Å². The smallest absolute Gasteiger partial charge is 0.253 e. The molecule has 4 rings (SSSR count). The van der Waals surface area contributed by atoms with Gasteiger partial charge >= 0.3 is 0 Å². The zero-order valence-electron chi connectivity index (χ0n) is 16.8. The lowest BCUT2D eigenvalue weighted by Gasteiger charge is -2.36. The second-order valence-electron chi connectivity index (χ2n) is 7.56. The van der Waals surface area contributed by atoms with Crippen LogP contribution in [0.1, 0.15) is 33.6 Å². The molecule has 6 nitrogen and oxygen atoms in total. The predicted octanol–water partition coefficient (Wildman–Crippen LogP) is 2.89. The van der Waals surface area contributed by atoms with Crippen LogP contribution in [-0.2, 0) is 0 Å². The Balaban J connectivity index is 1.39. The highest BCUT2D eigenvalue weighted by atomic mass is 16.5. The van der Waals surface area contributed by atoms with Crippen LogP contribution in [0.3, 0.4) is 0 Å². The van der Waals surface area contributed by atoms with Gasteiger partial charge < -0.3 is 19.4 Å². The molecule has 0 bridgehead atoms. The van der Waals surface area contributed by atoms with Crippen LogP contribution in [0.4, 0.5) is 5.69 Å². The molecule has 2 fully saturated rings. The Bertz CT molecular complexity index is 867. The number of amides is 2. The first kappa shape index (κ1) is 19.3. The monoisotopic (exact) mass is 393 g/mol. The van der Waals surface area contributed by atoms with E-state index in [0.29, 0.717) is 24.2 Å². The van der Waals surface area contributed by atoms with Gasteiger partial charge in [0.2, 0.25) is 0 Å². The molecule has 2 aliphatic rings. The van der Waals surface area contributed by atoms with Gasteiger partial charge in [0.15, 0.2) is 0 Å². The lowest BCUT2D eigenvalue weighted by Crippen LogP contribution is -2.48. The Morgan fingerprint density at radius 1 is 0.759 bits per heavy atom. The molecule has 0 aliphatic carbocycles. The second kappa shape index (κ2) is 8.55. The number of nitrogens with zero attached hydrogens (tertiary/aromatic N) is 3. The summed E-state index contributed by atoms with van der Waals surface area (Å²) in [4.78, 5) is 31.6. The minimum Gasteiger partial charge on any atom is -0.497 e. The number of piperazine rings is 1. The molecule has 2 heterocycles. The lowest BCUT2D eigenvalue weighted by atomic mass is 10.1. The van der Waals surface area contributed by atoms with E-state index in [9.17, 15) is 9.59 Å². The number of rotatable bonds is 4. The Morgan fingerprint density at radius 2 is 1.31 bits per heavy atom. The maximum absolute atomic E-state index is 13.0. The molecule has 0 saturated carbocycles. The first-order valence-corrected chi connectivity index (χ1v) is 10.2. The minimum atomic E-state index is -0.00421. The quantitative estimate of drug-likeness (QED) is 0.802. The van der Waals surface area contributed by atoms with Crippen molar-refractivity contribution in [3.8, 4) is 5.75 Å². The van der Waals surface area contributed by atoms with Gasteiger partial charge in [0.05, 0.1) is 7.11 Å². The third-order valence-corrected chi connectivity index (χ3v) is 5.75. The summed E-state index contributed by atoms with van der Waals surface area (Å²) in [7, 11) is 1.66. The Kier molecular flexibility index (Phi) is 5.69. The van der Waals surface area contributed by atoms with Crippen molar-refractivity contribution in [2.75, 3.05) is 51.3 Å². The molecule has 6 heteroatoms. The lowest BCUT2D eigenvalue weighted by molar-refractivity contribution is 0.0746. The van der Waals surface area contributed by atoms with E-state index in [1.54, 1.807) is 25.3 Å². The molecule has 29 heavy (non-hydrogen) atoms. The van der Waals surface area contributed by atoms with Gasteiger partial charge in [-0.05, 0) is 55.3 Å². The molecule has 2 aliphatic heterocycles. The predicted molar refractivity (Wildman–Crippen MR) is 113 cm³/mol. The fraction of sp³-hybridized carbons (Fsp3) is 0.391. The van der Waals surface area contributed by atoms with Gasteiger partial charge in [-0.3, -0.25) is 9.59 Å². The van der Waals surface area contributed by atoms with Crippen LogP contribution in [-0.4, -0.2) is 68.0 Å². The van der Waals surface area contributed by atoms with Gasteiger partial charge in [-0.25, -0.2) is 0 Å². The Labute approximate surface area is 171 Å². The van der Waals surface area contributed by atoms with Crippen molar-refractivity contribution in [3.63, 3.8) is 0 Å². The molecule has 2 saturated heterocycles. The molecule has 152 valence electrons. The van der Waals surface area contributed by atoms with Crippen molar-refractivity contribution in [2.45, 2.75) is 12.8 Å². The highest BCUT2D eigenvalue weighted by Crippen LogP contribution is 2.21. The van der Waals surface area contributed by atoms with E-state index in [2.05, 4.69) is 4.90 Å². The topological polar surface area (TPSA) is 53.1 Å². The molecular formula is C23H27N3O3. The normalized spacial score (nSPS) is 16.8. The van der Waals surface area contributed by atoms with Crippen molar-refractivity contribution in [1.29, 1.82) is 0 Å². The second-order valence-corrected chi connectivity index (χ2v) is 7.56. The van der Waals surface area contributed by atoms with E-state index >= 15 is 0 Å². The number of anilines is 1. The molecule has 2 aromatic rings. The van der Waals surface area contributed by atoms with Crippen molar-refractivity contribution in [2.24, 2.45) is 0 Å². The van der Waals surface area contributed by atoms with E-state index in [4.69, 9.17) is 4.74 Å². The van der Waals surface area contributed by atoms with Crippen LogP contribution in [0.5, 0.6) is 5.75 Å². The molecule has 0 spiro atoms. The van der Waals surface area contributed by atoms with Crippen LogP contribution in [0.25, 0.3) is 0 Å². The number of likely N-dealkylation sites (tertiary alicyclic amines) is 1. The van der Waals surface area contributed by atoms with Crippen LogP contribution >= 0.6 is 0 Å². The van der Waals surface area contributed by atoms with Gasteiger partial charge in [0.1, 0.15) is 5.75 Å². The van der Waals surface area contributed by atoms with Gasteiger partial charge in [0, 0.05) is 56.1 Å². The molecule has 0 aromatic heterocycles. The molecule has 0 unspecified atom stereocenters. The number of hydrogen-bond acceptors (Lipinski definition) is 4. The number of carbonyl (C=O) groups is 2. The van der Waals surface area contributed by atoms with Gasteiger partial charge in [-0.2, -0.15) is 0 Å². The Morgan fingerprint density at radius 3 is 1.86 bits per heavy atom. The largest absolute Gasteiger partial charge is 0.497 e. The highest BCUT2D eigenvalue weighted by Gasteiger charge is 2.24. The summed E-state index contributed by atoms with van der Waals surface area (Å²) < 4.78 is 5.21. The summed E-state index contributed by atoms with van der Waals surface area (Å²) in [5.74, 6) is 0.864. The molecule has 2 aromatic carbocycles. The average Bonchev–Trinajstić information content (AvgIpc) is 3.33. The van der Waals surface area contributed by atoms with Gasteiger partial charge in [-0.15, -0.1) is 0 Å². The molecular weight excluding hydrogens is 366 g/mol. The molecule has 0 atom stereocenters. The van der Waals surface area contributed by atoms with Crippen LogP contribution in [0, 0.1) is 0 Å². The van der Waals surface area contributed by atoms with Crippen LogP contribution < -0.4 is 9.64 Å². The third-order valence-electron chi connectivity index (χ3n) is 5.75. The van der Waals surface area contributed by atoms with E-state index in [1.165, 1.54) is 0 Å². The SMILES string of the molecule is COc1ccc(N2CCN(C(=O)c3cccc(C(=O)N4CCCC4)c3)CC2)cc1. The van der Waals surface area contributed by atoms with E-state index in [0.717, 1.165) is 50.5 Å². The maximum Gasteiger partial charge on any atom is 0.253 e. The number of hydrogen-bond donors (Lipinski definition) is 0. The van der Waals surface area contributed by atoms with Crippen molar-refractivity contribution < 1.29 is 14.3 Å². The van der Waals surface area contributed by atoms with E-state index in [1.807, 2.05) is 40.1 Å². The number of methoxy groups -OCH3 is 1. The fourth-order valence-electron chi connectivity index (χ4n) is 4.03. The van der Waals surface area contributed by atoms with Crippen LogP contribution in [0.2, 0.25) is 0 Å². The first-order chi connectivity index (χ1) is 14.2. The first-order valence-electron chi connectivity index (χ1n) is 10.2. The zero-order valence-corrected chi connectivity index (χ0v) is 16.8. The molecule has 0 radical (unpaired) electrons. The maximum atomic E-state index is 13.0. The van der Waals surface area contributed by atoms with Gasteiger partial charge in [0.25, 0.3) is 11.8 Å². The van der Waals surface area contributed by atoms with Crippen molar-refractivity contribution in [1.82, 2.24) is 9.80 Å². The van der Waals surface area contributed by atoms with Crippen molar-refractivity contribution >= 4 is 17.5 Å². The summed E-state index contributed by atoms with van der Waals surface area (Å²) >= 11 is 0. The molecule has 2 amide bonds. The standard InChI is InChI=1S/C23H27N3O3/c1-29-21-9-7-20(8-10-21)24-13-15-26(16-14-24)23(28)19-6-4-5-18(17-19)22(27)25-11-2-3-12-25/h4-10,17H,2-3,11-16H2,1H3. The number of carbonyl (C=O) groups excluding carboxylic acids is 2. The summed E-state index contributed by atoms with van der Waals surface area (Å²) in [5.41, 5.74) is 2.33. The summed E-state index contributed by atoms with van der Waals surface area (Å²) in [6.45, 7) is 4.51. The van der Waals surface area contributed by atoms with E-state index in [-0.39, 0.29) is 11.8 Å². The average molecular weight is 393 g/mol. The summed E-state index contributed by atoms with van der Waals surface area (Å²) in [5, 5.41) is 0. The van der Waals surface area contributed by atoms with E-state index < -0.39 is 0 Å². The van der Waals surface area contributed by atoms with Crippen LogP contribution in [0.15, 0.2) is 48.5 Å². The summed E-state index contributed by atoms with van der Waals surface area (Å²) in [6.07, 6.45) is 2.12. The number of benzene rings is 2. The highest BCUT2D eigenvalue weighted by molar-refractivity contribution is 5.99. The molecule has 0 N–H and O–H groups in total. The third kappa shape index (κ3) is 4.21. The van der Waals surface area contributed by atoms with Crippen molar-refractivity contribution in [3.05, 3.63) is 59.7 Å².